The second-order valence-electron chi connectivity index (χ2n) is 5.48. The Balaban J connectivity index is 2.15. The number of nitrogens with zero attached hydrogens (tertiary/aromatic N) is 1. The van der Waals surface area contributed by atoms with Crippen molar-refractivity contribution >= 4 is 11.8 Å². The number of benzene rings is 1. The van der Waals surface area contributed by atoms with E-state index < -0.39 is 6.10 Å². The molecular weight excluding hydrogens is 254 g/mol. The van der Waals surface area contributed by atoms with E-state index in [9.17, 15) is 14.7 Å². The van der Waals surface area contributed by atoms with E-state index in [1.807, 2.05) is 32.0 Å². The highest BCUT2D eigenvalue weighted by Crippen LogP contribution is 2.22. The van der Waals surface area contributed by atoms with Gasteiger partial charge >= 0.3 is 0 Å². The Morgan fingerprint density at radius 3 is 2.30 bits per heavy atom. The molecule has 0 spiro atoms. The molecule has 1 heterocycles. The van der Waals surface area contributed by atoms with Gasteiger partial charge in [-0.2, -0.15) is 0 Å². The molecular formula is C16H21NO3. The first-order valence-electron chi connectivity index (χ1n) is 7.07. The second-order valence-corrected chi connectivity index (χ2v) is 5.48. The highest BCUT2D eigenvalue weighted by molar-refractivity contribution is 5.96. The molecule has 1 unspecified atom stereocenters. The lowest BCUT2D eigenvalue weighted by Crippen LogP contribution is -2.38. The van der Waals surface area contributed by atoms with Crippen molar-refractivity contribution in [2.45, 2.75) is 45.6 Å². The van der Waals surface area contributed by atoms with Gasteiger partial charge in [0.2, 0.25) is 11.8 Å². The summed E-state index contributed by atoms with van der Waals surface area (Å²) in [5, 5.41) is 10.3. The van der Waals surface area contributed by atoms with Crippen LogP contribution in [0.1, 0.15) is 48.5 Å². The van der Waals surface area contributed by atoms with Crippen LogP contribution < -0.4 is 0 Å². The van der Waals surface area contributed by atoms with Gasteiger partial charge < -0.3 is 5.11 Å². The Bertz CT molecular complexity index is 506. The predicted octanol–water partition coefficient (Wildman–Crippen LogP) is 2.27. The third-order valence-electron chi connectivity index (χ3n) is 3.77. The summed E-state index contributed by atoms with van der Waals surface area (Å²) in [4.78, 5) is 25.1. The van der Waals surface area contributed by atoms with Crippen LogP contribution in [-0.2, 0) is 9.59 Å². The number of aryl methyl sites for hydroxylation is 2. The number of hydrogen-bond acceptors (Lipinski definition) is 3. The number of hydrogen-bond donors (Lipinski definition) is 1. The van der Waals surface area contributed by atoms with E-state index in [1.165, 1.54) is 4.90 Å². The Labute approximate surface area is 119 Å². The molecule has 0 aromatic heterocycles. The van der Waals surface area contributed by atoms with E-state index in [0.29, 0.717) is 12.8 Å². The maximum absolute atomic E-state index is 11.9. The summed E-state index contributed by atoms with van der Waals surface area (Å²) in [6.45, 7) is 3.98. The van der Waals surface area contributed by atoms with Gasteiger partial charge in [-0.05, 0) is 37.8 Å². The third-order valence-corrected chi connectivity index (χ3v) is 3.77. The van der Waals surface area contributed by atoms with Crippen molar-refractivity contribution in [2.24, 2.45) is 0 Å². The first-order chi connectivity index (χ1) is 9.49. The van der Waals surface area contributed by atoms with Gasteiger partial charge in [0.1, 0.15) is 0 Å². The van der Waals surface area contributed by atoms with Crippen molar-refractivity contribution in [1.29, 1.82) is 0 Å². The molecule has 1 aliphatic rings. The molecule has 4 heteroatoms. The largest absolute Gasteiger partial charge is 0.387 e. The van der Waals surface area contributed by atoms with Crippen molar-refractivity contribution in [3.63, 3.8) is 0 Å². The maximum Gasteiger partial charge on any atom is 0.229 e. The molecule has 0 bridgehead atoms. The minimum atomic E-state index is -0.818. The van der Waals surface area contributed by atoms with Crippen LogP contribution in [0, 0.1) is 13.8 Å². The lowest BCUT2D eigenvalue weighted by molar-refractivity contribution is -0.145. The second kappa shape index (κ2) is 6.18. The molecule has 1 aromatic rings. The van der Waals surface area contributed by atoms with E-state index in [2.05, 4.69) is 0 Å². The maximum atomic E-state index is 11.9. The third kappa shape index (κ3) is 3.25. The van der Waals surface area contributed by atoms with E-state index in [-0.39, 0.29) is 18.4 Å². The zero-order valence-electron chi connectivity index (χ0n) is 12.1. The SMILES string of the molecule is Cc1ccc(C(O)CN2C(=O)CCCCC2=O)c(C)c1. The van der Waals surface area contributed by atoms with Gasteiger partial charge in [-0.25, -0.2) is 0 Å². The van der Waals surface area contributed by atoms with Crippen molar-refractivity contribution in [1.82, 2.24) is 4.90 Å². The quantitative estimate of drug-likeness (QED) is 0.861. The Hall–Kier alpha value is -1.68. The van der Waals surface area contributed by atoms with Gasteiger partial charge in [-0.1, -0.05) is 23.8 Å². The molecule has 1 aromatic carbocycles. The summed E-state index contributed by atoms with van der Waals surface area (Å²) < 4.78 is 0. The van der Waals surface area contributed by atoms with Crippen molar-refractivity contribution in [3.05, 3.63) is 34.9 Å². The average molecular weight is 275 g/mol. The molecule has 1 saturated heterocycles. The lowest BCUT2D eigenvalue weighted by atomic mass is 10.0. The van der Waals surface area contributed by atoms with E-state index in [1.54, 1.807) is 0 Å². The summed E-state index contributed by atoms with van der Waals surface area (Å²) in [5.41, 5.74) is 2.88. The van der Waals surface area contributed by atoms with Crippen molar-refractivity contribution in [2.75, 3.05) is 6.54 Å². The molecule has 20 heavy (non-hydrogen) atoms. The number of aliphatic hydroxyl groups is 1. The van der Waals surface area contributed by atoms with Gasteiger partial charge in [0.05, 0.1) is 12.6 Å². The van der Waals surface area contributed by atoms with Crippen LogP contribution in [0.3, 0.4) is 0 Å². The zero-order chi connectivity index (χ0) is 14.7. The number of carbonyl (C=O) groups excluding carboxylic acids is 2. The molecule has 108 valence electrons. The highest BCUT2D eigenvalue weighted by atomic mass is 16.3. The number of carbonyl (C=O) groups is 2. The first-order valence-corrected chi connectivity index (χ1v) is 7.07. The summed E-state index contributed by atoms with van der Waals surface area (Å²) in [5.74, 6) is -0.340. The van der Waals surface area contributed by atoms with Gasteiger partial charge in [0, 0.05) is 12.8 Å². The molecule has 1 atom stereocenters. The molecule has 0 radical (unpaired) electrons. The van der Waals surface area contributed by atoms with Crippen LogP contribution in [0.2, 0.25) is 0 Å². The normalized spacial score (nSPS) is 18.1. The van der Waals surface area contributed by atoms with Crippen LogP contribution in [-0.4, -0.2) is 28.4 Å². The topological polar surface area (TPSA) is 57.6 Å². The monoisotopic (exact) mass is 275 g/mol. The fourth-order valence-corrected chi connectivity index (χ4v) is 2.64. The molecule has 2 amide bonds. The molecule has 0 saturated carbocycles. The number of β-amino-alcohol motifs (C(OH)–C–C–N with tert-alkyl or cyclic N) is 1. The van der Waals surface area contributed by atoms with Gasteiger partial charge in [0.15, 0.2) is 0 Å². The molecule has 2 rings (SSSR count). The van der Waals surface area contributed by atoms with Crippen molar-refractivity contribution in [3.8, 4) is 0 Å². The standard InChI is InChI=1S/C16H21NO3/c1-11-7-8-13(12(2)9-11)14(18)10-17-15(19)5-3-4-6-16(17)20/h7-9,14,18H,3-6,10H2,1-2H3. The van der Waals surface area contributed by atoms with Crippen LogP contribution in [0.4, 0.5) is 0 Å². The molecule has 1 N–H and O–H groups in total. The number of likely N-dealkylation sites (tertiary alicyclic amines) is 1. The van der Waals surface area contributed by atoms with Crippen LogP contribution in [0.5, 0.6) is 0 Å². The minimum absolute atomic E-state index is 0.0571. The summed E-state index contributed by atoms with van der Waals surface area (Å²) in [6, 6.07) is 5.78. The molecule has 4 nitrogen and oxygen atoms in total. The highest BCUT2D eigenvalue weighted by Gasteiger charge is 2.26. The fraction of sp³-hybridized carbons (Fsp3) is 0.500. The van der Waals surface area contributed by atoms with Gasteiger partial charge in [-0.3, -0.25) is 14.5 Å². The molecule has 1 fully saturated rings. The summed E-state index contributed by atoms with van der Waals surface area (Å²) >= 11 is 0. The summed E-state index contributed by atoms with van der Waals surface area (Å²) in [7, 11) is 0. The number of imide groups is 1. The fourth-order valence-electron chi connectivity index (χ4n) is 2.64. The van der Waals surface area contributed by atoms with Crippen LogP contribution >= 0.6 is 0 Å². The Morgan fingerprint density at radius 1 is 1.15 bits per heavy atom. The Morgan fingerprint density at radius 2 is 1.75 bits per heavy atom. The van der Waals surface area contributed by atoms with Gasteiger partial charge in [-0.15, -0.1) is 0 Å². The average Bonchev–Trinajstić information content (AvgIpc) is 2.53. The summed E-state index contributed by atoms with van der Waals surface area (Å²) in [6.07, 6.45) is 1.47. The van der Waals surface area contributed by atoms with E-state index in [0.717, 1.165) is 29.5 Å². The van der Waals surface area contributed by atoms with Crippen molar-refractivity contribution < 1.29 is 14.7 Å². The number of amides is 2. The number of rotatable bonds is 3. The minimum Gasteiger partial charge on any atom is -0.387 e. The lowest BCUT2D eigenvalue weighted by Gasteiger charge is -2.23. The van der Waals surface area contributed by atoms with Crippen LogP contribution in [0.25, 0.3) is 0 Å². The smallest absolute Gasteiger partial charge is 0.229 e. The van der Waals surface area contributed by atoms with E-state index in [4.69, 9.17) is 0 Å². The predicted molar refractivity (Wildman–Crippen MR) is 76.1 cm³/mol. The molecule has 1 aliphatic heterocycles. The van der Waals surface area contributed by atoms with Crippen LogP contribution in [0.15, 0.2) is 18.2 Å². The first kappa shape index (κ1) is 14.7. The molecule has 0 aliphatic carbocycles. The zero-order valence-corrected chi connectivity index (χ0v) is 12.1. The Kier molecular flexibility index (Phi) is 4.55. The van der Waals surface area contributed by atoms with Gasteiger partial charge in [0.25, 0.3) is 0 Å². The number of aliphatic hydroxyl groups excluding tert-OH is 1. The van der Waals surface area contributed by atoms with E-state index >= 15 is 0 Å².